The van der Waals surface area contributed by atoms with Gasteiger partial charge in [-0.3, -0.25) is 4.72 Å². The summed E-state index contributed by atoms with van der Waals surface area (Å²) in [5, 5.41) is 11.2. The second kappa shape index (κ2) is 12.7. The fraction of sp³-hybridized carbons (Fsp3) is 0.650. The lowest BCUT2D eigenvalue weighted by Crippen LogP contribution is -2.29. The highest BCUT2D eigenvalue weighted by molar-refractivity contribution is 7.92. The van der Waals surface area contributed by atoms with Crippen molar-refractivity contribution < 1.29 is 27.8 Å². The summed E-state index contributed by atoms with van der Waals surface area (Å²) in [6.07, 6.45) is 3.52. The van der Waals surface area contributed by atoms with Gasteiger partial charge >= 0.3 is 6.09 Å². The van der Waals surface area contributed by atoms with Crippen LogP contribution >= 0.6 is 0 Å². The van der Waals surface area contributed by atoms with Gasteiger partial charge in [0.15, 0.2) is 0 Å². The van der Waals surface area contributed by atoms with Gasteiger partial charge in [-0.25, -0.2) is 13.2 Å². The molecular formula is C20H34N2O6S. The number of ether oxygens (including phenoxy) is 2. The monoisotopic (exact) mass is 430 g/mol. The number of amides is 1. The first kappa shape index (κ1) is 25.2. The van der Waals surface area contributed by atoms with Crippen molar-refractivity contribution in [2.24, 2.45) is 5.73 Å². The minimum Gasteiger partial charge on any atom is -0.450 e. The molecule has 1 unspecified atom stereocenters. The Balaban J connectivity index is 2.83. The molecule has 4 N–H and O–H groups in total. The molecule has 0 aliphatic carbocycles. The Kier molecular flexibility index (Phi) is 11.0. The van der Waals surface area contributed by atoms with Crippen molar-refractivity contribution >= 4 is 21.8 Å². The number of anilines is 1. The van der Waals surface area contributed by atoms with E-state index < -0.39 is 21.7 Å². The lowest BCUT2D eigenvalue weighted by molar-refractivity contribution is -0.000795. The molecule has 0 saturated heterocycles. The molecule has 0 radical (unpaired) electrons. The van der Waals surface area contributed by atoms with Crippen molar-refractivity contribution in [2.45, 2.75) is 57.5 Å². The number of unbranched alkanes of at least 4 members (excludes halogenated alkanes) is 3. The van der Waals surface area contributed by atoms with Crippen molar-refractivity contribution in [2.75, 3.05) is 30.8 Å². The van der Waals surface area contributed by atoms with E-state index in [1.54, 1.807) is 31.4 Å². The maximum Gasteiger partial charge on any atom is 0.404 e. The van der Waals surface area contributed by atoms with Crippen LogP contribution in [0.25, 0.3) is 0 Å². The first-order valence-electron chi connectivity index (χ1n) is 9.97. The van der Waals surface area contributed by atoms with Crippen LogP contribution in [0.5, 0.6) is 0 Å². The van der Waals surface area contributed by atoms with Crippen molar-refractivity contribution in [1.82, 2.24) is 0 Å². The van der Waals surface area contributed by atoms with Crippen LogP contribution in [0.3, 0.4) is 0 Å². The molecule has 0 spiro atoms. The molecule has 0 aromatic heterocycles. The fourth-order valence-electron chi connectivity index (χ4n) is 3.02. The van der Waals surface area contributed by atoms with E-state index in [4.69, 9.17) is 15.2 Å². The van der Waals surface area contributed by atoms with E-state index in [1.165, 1.54) is 0 Å². The molecule has 0 fully saturated rings. The van der Waals surface area contributed by atoms with Crippen LogP contribution in [-0.4, -0.2) is 45.7 Å². The summed E-state index contributed by atoms with van der Waals surface area (Å²) >= 11 is 0. The van der Waals surface area contributed by atoms with Gasteiger partial charge in [0.25, 0.3) is 0 Å². The number of methoxy groups -OCH3 is 1. The molecule has 0 bridgehead atoms. The molecule has 0 aliphatic rings. The highest BCUT2D eigenvalue weighted by atomic mass is 32.2. The lowest BCUT2D eigenvalue weighted by Gasteiger charge is -2.29. The topological polar surface area (TPSA) is 128 Å². The number of nitrogens with one attached hydrogen (secondary N) is 1. The minimum atomic E-state index is -3.49. The van der Waals surface area contributed by atoms with Gasteiger partial charge in [-0.2, -0.15) is 0 Å². The number of hydrogen-bond donors (Lipinski definition) is 3. The lowest BCUT2D eigenvalue weighted by atomic mass is 9.85. The highest BCUT2D eigenvalue weighted by Gasteiger charge is 2.29. The summed E-state index contributed by atoms with van der Waals surface area (Å²) in [4.78, 5) is 10.8. The average molecular weight is 431 g/mol. The average Bonchev–Trinajstić information content (AvgIpc) is 2.65. The zero-order chi connectivity index (χ0) is 21.8. The Morgan fingerprint density at radius 1 is 1.17 bits per heavy atom. The van der Waals surface area contributed by atoms with Gasteiger partial charge in [-0.1, -0.05) is 38.3 Å². The Bertz CT molecular complexity index is 725. The summed E-state index contributed by atoms with van der Waals surface area (Å²) in [6.45, 7) is 2.61. The van der Waals surface area contributed by atoms with Gasteiger partial charge < -0.3 is 20.3 Å². The van der Waals surface area contributed by atoms with E-state index in [-0.39, 0.29) is 18.8 Å². The number of rotatable bonds is 15. The van der Waals surface area contributed by atoms with Gasteiger partial charge in [-0.15, -0.1) is 0 Å². The molecule has 0 saturated carbocycles. The van der Waals surface area contributed by atoms with Crippen molar-refractivity contribution in [3.8, 4) is 0 Å². The molecule has 166 valence electrons. The maximum atomic E-state index is 12.3. The molecule has 1 aromatic rings. The van der Waals surface area contributed by atoms with Crippen LogP contribution in [0, 0.1) is 0 Å². The fourth-order valence-corrected chi connectivity index (χ4v) is 4.19. The quantitative estimate of drug-likeness (QED) is 0.367. The molecule has 1 aromatic carbocycles. The number of hydrogen-bond acceptors (Lipinski definition) is 6. The van der Waals surface area contributed by atoms with Crippen LogP contribution in [0.2, 0.25) is 0 Å². The van der Waals surface area contributed by atoms with Gasteiger partial charge in [0.1, 0.15) is 0 Å². The van der Waals surface area contributed by atoms with Gasteiger partial charge in [0.05, 0.1) is 18.0 Å². The minimum absolute atomic E-state index is 0.0209. The van der Waals surface area contributed by atoms with Crippen LogP contribution in [-0.2, 0) is 25.1 Å². The van der Waals surface area contributed by atoms with E-state index >= 15 is 0 Å². The molecular weight excluding hydrogens is 396 g/mol. The van der Waals surface area contributed by atoms with Crippen LogP contribution in [0.15, 0.2) is 24.3 Å². The molecule has 1 amide bonds. The highest BCUT2D eigenvalue weighted by Crippen LogP contribution is 2.32. The number of sulfonamides is 1. The molecule has 9 heteroatoms. The maximum absolute atomic E-state index is 12.3. The van der Waals surface area contributed by atoms with E-state index in [0.29, 0.717) is 30.7 Å². The third-order valence-corrected chi connectivity index (χ3v) is 6.01. The molecule has 29 heavy (non-hydrogen) atoms. The van der Waals surface area contributed by atoms with Gasteiger partial charge in [-0.05, 0) is 37.0 Å². The summed E-state index contributed by atoms with van der Waals surface area (Å²) in [5.41, 5.74) is 4.71. The van der Waals surface area contributed by atoms with Gasteiger partial charge in [0, 0.05) is 25.8 Å². The second-order valence-corrected chi connectivity index (χ2v) is 8.95. The zero-order valence-corrected chi connectivity index (χ0v) is 18.2. The number of aliphatic hydroxyl groups is 1. The third-order valence-electron chi connectivity index (χ3n) is 4.64. The Morgan fingerprint density at radius 3 is 2.59 bits per heavy atom. The molecule has 1 atom stereocenters. The van der Waals surface area contributed by atoms with E-state index in [2.05, 4.69) is 4.72 Å². The number of nitrogens with two attached hydrogens (primary N) is 1. The number of carbonyl (C=O) groups excluding carboxylic acids is 1. The van der Waals surface area contributed by atoms with Crippen molar-refractivity contribution in [1.29, 1.82) is 0 Å². The van der Waals surface area contributed by atoms with Crippen molar-refractivity contribution in [3.05, 3.63) is 29.8 Å². The first-order valence-corrected chi connectivity index (χ1v) is 11.6. The number of carbonyl (C=O) groups is 1. The Morgan fingerprint density at radius 2 is 1.93 bits per heavy atom. The SMILES string of the molecule is CCCCC(O)(CCOC(N)=O)c1cccc(NS(=O)(=O)CCCCCOC)c1. The van der Waals surface area contributed by atoms with Crippen LogP contribution < -0.4 is 10.5 Å². The smallest absolute Gasteiger partial charge is 0.404 e. The summed E-state index contributed by atoms with van der Waals surface area (Å²) in [7, 11) is -1.87. The number of benzene rings is 1. The Labute approximate surface area is 173 Å². The van der Waals surface area contributed by atoms with E-state index in [9.17, 15) is 18.3 Å². The second-order valence-electron chi connectivity index (χ2n) is 7.11. The molecule has 8 nitrogen and oxygen atoms in total. The first-order chi connectivity index (χ1) is 13.7. The normalized spacial score (nSPS) is 13.6. The van der Waals surface area contributed by atoms with E-state index in [0.717, 1.165) is 25.7 Å². The predicted octanol–water partition coefficient (Wildman–Crippen LogP) is 3.11. The predicted molar refractivity (Wildman–Crippen MR) is 113 cm³/mol. The summed E-state index contributed by atoms with van der Waals surface area (Å²) in [6, 6.07) is 6.70. The van der Waals surface area contributed by atoms with Crippen molar-refractivity contribution in [3.63, 3.8) is 0 Å². The standard InChI is InChI=1S/C20H34N2O6S/c1-3-4-11-20(24,12-14-28-19(21)23)17-9-8-10-18(16-17)22-29(25,26)15-7-5-6-13-27-2/h8-10,16,22,24H,3-7,11-15H2,1-2H3,(H2,21,23). The summed E-state index contributed by atoms with van der Waals surface area (Å²) in [5.74, 6) is 0.0213. The summed E-state index contributed by atoms with van der Waals surface area (Å²) < 4.78 is 37.0. The molecule has 0 aliphatic heterocycles. The van der Waals surface area contributed by atoms with Crippen LogP contribution in [0.4, 0.5) is 10.5 Å². The third kappa shape index (κ3) is 9.96. The zero-order valence-electron chi connectivity index (χ0n) is 17.4. The Hall–Kier alpha value is -1.84. The molecule has 0 heterocycles. The largest absolute Gasteiger partial charge is 0.450 e. The van der Waals surface area contributed by atoms with E-state index in [1.807, 2.05) is 6.92 Å². The van der Waals surface area contributed by atoms with Gasteiger partial charge in [0.2, 0.25) is 10.0 Å². The number of primary amides is 1. The molecule has 1 rings (SSSR count). The van der Waals surface area contributed by atoms with Crippen LogP contribution in [0.1, 0.15) is 57.4 Å².